The molecule has 19 heavy (non-hydrogen) atoms. The van der Waals surface area contributed by atoms with Crippen molar-refractivity contribution >= 4 is 17.9 Å². The number of amides is 3. The molecule has 7 nitrogen and oxygen atoms in total. The van der Waals surface area contributed by atoms with Gasteiger partial charge < -0.3 is 21.5 Å². The lowest BCUT2D eigenvalue weighted by Crippen LogP contribution is -2.47. The second kappa shape index (κ2) is 5.90. The number of carbonyl (C=O) groups is 3. The maximum atomic E-state index is 11.6. The van der Waals surface area contributed by atoms with Gasteiger partial charge in [0.05, 0.1) is 11.3 Å². The van der Waals surface area contributed by atoms with Gasteiger partial charge in [-0.15, -0.1) is 0 Å². The Balaban J connectivity index is 2.33. The largest absolute Gasteiger partial charge is 0.481 e. The average Bonchev–Trinajstić information content (AvgIpc) is 2.75. The van der Waals surface area contributed by atoms with E-state index in [1.165, 1.54) is 0 Å². The number of carboxylic acids is 1. The van der Waals surface area contributed by atoms with Crippen molar-refractivity contribution in [1.82, 2.24) is 10.6 Å². The summed E-state index contributed by atoms with van der Waals surface area (Å²) >= 11 is 0. The fourth-order valence-corrected chi connectivity index (χ4v) is 1.96. The molecule has 0 aliphatic heterocycles. The third kappa shape index (κ3) is 4.42. The molecule has 1 saturated carbocycles. The van der Waals surface area contributed by atoms with Crippen molar-refractivity contribution in [2.45, 2.75) is 39.2 Å². The molecule has 1 aliphatic rings. The number of primary amides is 1. The summed E-state index contributed by atoms with van der Waals surface area (Å²) in [5.74, 6) is -1.69. The highest BCUT2D eigenvalue weighted by Gasteiger charge is 2.31. The van der Waals surface area contributed by atoms with Gasteiger partial charge >= 0.3 is 12.0 Å². The Kier molecular flexibility index (Phi) is 4.74. The zero-order chi connectivity index (χ0) is 14.6. The number of nitrogens with two attached hydrogens (primary N) is 1. The number of hydrogen-bond acceptors (Lipinski definition) is 3. The van der Waals surface area contributed by atoms with Gasteiger partial charge in [-0.25, -0.2) is 4.79 Å². The Hall–Kier alpha value is -1.79. The standard InChI is InChI=1S/C12H21N3O4/c1-12(2,10(13)18)6-14-11(19)15-8-4-3-7(5-8)9(16)17/h7-8H,3-6H2,1-2H3,(H2,13,18)(H,16,17)(H2,14,15,19). The molecule has 0 aromatic rings. The molecular formula is C12H21N3O4. The lowest BCUT2D eigenvalue weighted by atomic mass is 9.93. The minimum atomic E-state index is -0.820. The van der Waals surface area contributed by atoms with Crippen molar-refractivity contribution in [3.05, 3.63) is 0 Å². The maximum absolute atomic E-state index is 11.6. The lowest BCUT2D eigenvalue weighted by molar-refractivity contribution is -0.141. The average molecular weight is 271 g/mol. The Morgan fingerprint density at radius 2 is 1.95 bits per heavy atom. The topological polar surface area (TPSA) is 122 Å². The molecule has 0 radical (unpaired) electrons. The van der Waals surface area contributed by atoms with Crippen molar-refractivity contribution in [2.75, 3.05) is 6.54 Å². The Labute approximate surface area is 111 Å². The summed E-state index contributed by atoms with van der Waals surface area (Å²) in [5, 5.41) is 14.1. The highest BCUT2D eigenvalue weighted by molar-refractivity contribution is 5.81. The first kappa shape index (κ1) is 15.3. The second-order valence-electron chi connectivity index (χ2n) is 5.62. The monoisotopic (exact) mass is 271 g/mol. The van der Waals surface area contributed by atoms with Gasteiger partial charge in [0.1, 0.15) is 0 Å². The van der Waals surface area contributed by atoms with Gasteiger partial charge in [0.15, 0.2) is 0 Å². The van der Waals surface area contributed by atoms with Crippen LogP contribution in [0.15, 0.2) is 0 Å². The third-order valence-electron chi connectivity index (χ3n) is 3.48. The van der Waals surface area contributed by atoms with Crippen LogP contribution in [-0.4, -0.2) is 35.6 Å². The minimum Gasteiger partial charge on any atom is -0.481 e. The molecule has 0 aromatic heterocycles. The first-order chi connectivity index (χ1) is 8.72. The molecule has 7 heteroatoms. The van der Waals surface area contributed by atoms with Gasteiger partial charge in [-0.1, -0.05) is 0 Å². The van der Waals surface area contributed by atoms with Gasteiger partial charge in [-0.05, 0) is 33.1 Å². The van der Waals surface area contributed by atoms with Crippen molar-refractivity contribution in [3.63, 3.8) is 0 Å². The van der Waals surface area contributed by atoms with Crippen LogP contribution in [0.4, 0.5) is 4.79 Å². The molecule has 2 atom stereocenters. The Bertz CT molecular complexity index is 381. The van der Waals surface area contributed by atoms with E-state index < -0.39 is 23.3 Å². The zero-order valence-corrected chi connectivity index (χ0v) is 11.2. The number of nitrogens with one attached hydrogen (secondary N) is 2. The molecule has 0 bridgehead atoms. The Morgan fingerprint density at radius 1 is 1.32 bits per heavy atom. The van der Waals surface area contributed by atoms with E-state index in [-0.39, 0.29) is 18.5 Å². The number of rotatable bonds is 5. The number of aliphatic carboxylic acids is 1. The van der Waals surface area contributed by atoms with E-state index in [9.17, 15) is 14.4 Å². The molecule has 2 unspecified atom stereocenters. The fourth-order valence-electron chi connectivity index (χ4n) is 1.96. The molecule has 5 N–H and O–H groups in total. The second-order valence-corrected chi connectivity index (χ2v) is 5.62. The molecule has 1 fully saturated rings. The summed E-state index contributed by atoms with van der Waals surface area (Å²) < 4.78 is 0. The Morgan fingerprint density at radius 3 is 2.42 bits per heavy atom. The number of urea groups is 1. The normalized spacial score (nSPS) is 22.8. The molecule has 3 amide bonds. The smallest absolute Gasteiger partial charge is 0.315 e. The van der Waals surface area contributed by atoms with Crippen LogP contribution < -0.4 is 16.4 Å². The van der Waals surface area contributed by atoms with E-state index in [4.69, 9.17) is 10.8 Å². The van der Waals surface area contributed by atoms with E-state index in [0.29, 0.717) is 19.3 Å². The SMILES string of the molecule is CC(C)(CNC(=O)NC1CCC(C(=O)O)C1)C(N)=O. The van der Waals surface area contributed by atoms with Crippen LogP contribution in [0.2, 0.25) is 0 Å². The summed E-state index contributed by atoms with van der Waals surface area (Å²) in [6.45, 7) is 3.43. The lowest BCUT2D eigenvalue weighted by Gasteiger charge is -2.21. The van der Waals surface area contributed by atoms with E-state index in [0.717, 1.165) is 0 Å². The van der Waals surface area contributed by atoms with Crippen LogP contribution in [0.5, 0.6) is 0 Å². The van der Waals surface area contributed by atoms with Crippen LogP contribution in [0.1, 0.15) is 33.1 Å². The molecule has 1 rings (SSSR count). The molecule has 0 spiro atoms. The quantitative estimate of drug-likeness (QED) is 0.564. The third-order valence-corrected chi connectivity index (χ3v) is 3.48. The maximum Gasteiger partial charge on any atom is 0.315 e. The van der Waals surface area contributed by atoms with Crippen molar-refractivity contribution in [1.29, 1.82) is 0 Å². The number of hydrogen-bond donors (Lipinski definition) is 4. The number of carboxylic acid groups (broad SMARTS) is 1. The molecule has 0 aromatic carbocycles. The summed E-state index contributed by atoms with van der Waals surface area (Å²) in [7, 11) is 0. The first-order valence-electron chi connectivity index (χ1n) is 6.29. The summed E-state index contributed by atoms with van der Waals surface area (Å²) in [6.07, 6.45) is 1.68. The molecular weight excluding hydrogens is 250 g/mol. The van der Waals surface area contributed by atoms with Gasteiger partial charge in [-0.2, -0.15) is 0 Å². The van der Waals surface area contributed by atoms with Gasteiger partial charge in [0, 0.05) is 12.6 Å². The van der Waals surface area contributed by atoms with E-state index >= 15 is 0 Å². The van der Waals surface area contributed by atoms with Gasteiger partial charge in [0.25, 0.3) is 0 Å². The minimum absolute atomic E-state index is 0.127. The van der Waals surface area contributed by atoms with Crippen molar-refractivity contribution in [3.8, 4) is 0 Å². The molecule has 1 aliphatic carbocycles. The summed E-state index contributed by atoms with van der Waals surface area (Å²) in [6, 6.07) is -0.525. The van der Waals surface area contributed by atoms with Crippen molar-refractivity contribution in [2.24, 2.45) is 17.1 Å². The highest BCUT2D eigenvalue weighted by atomic mass is 16.4. The van der Waals surface area contributed by atoms with Crippen molar-refractivity contribution < 1.29 is 19.5 Å². The zero-order valence-electron chi connectivity index (χ0n) is 11.2. The van der Waals surface area contributed by atoms with Crippen LogP contribution >= 0.6 is 0 Å². The van der Waals surface area contributed by atoms with E-state index in [1.54, 1.807) is 13.8 Å². The molecule has 0 heterocycles. The van der Waals surface area contributed by atoms with Gasteiger partial charge in [0.2, 0.25) is 5.91 Å². The van der Waals surface area contributed by atoms with E-state index in [1.807, 2.05) is 0 Å². The van der Waals surface area contributed by atoms with Crippen LogP contribution in [0.25, 0.3) is 0 Å². The summed E-state index contributed by atoms with van der Waals surface area (Å²) in [4.78, 5) is 33.5. The number of carbonyl (C=O) groups excluding carboxylic acids is 2. The first-order valence-corrected chi connectivity index (χ1v) is 6.29. The van der Waals surface area contributed by atoms with E-state index in [2.05, 4.69) is 10.6 Å². The summed E-state index contributed by atoms with van der Waals surface area (Å²) in [5.41, 5.74) is 4.39. The fraction of sp³-hybridized carbons (Fsp3) is 0.750. The predicted molar refractivity (Wildman–Crippen MR) is 68.3 cm³/mol. The molecule has 0 saturated heterocycles. The van der Waals surface area contributed by atoms with Crippen LogP contribution in [-0.2, 0) is 9.59 Å². The van der Waals surface area contributed by atoms with Gasteiger partial charge in [-0.3, -0.25) is 9.59 Å². The predicted octanol–water partition coefficient (Wildman–Crippen LogP) is 0.0504. The van der Waals surface area contributed by atoms with Crippen LogP contribution in [0.3, 0.4) is 0 Å². The van der Waals surface area contributed by atoms with Crippen LogP contribution in [0, 0.1) is 11.3 Å². The molecule has 108 valence electrons. The highest BCUT2D eigenvalue weighted by Crippen LogP contribution is 2.25.